The molecule has 100 valence electrons. The van der Waals surface area contributed by atoms with Gasteiger partial charge in [-0.05, 0) is 24.1 Å². The zero-order valence-corrected chi connectivity index (χ0v) is 11.1. The van der Waals surface area contributed by atoms with Crippen molar-refractivity contribution in [3.05, 3.63) is 28.8 Å². The molecular formula is C13H13ClN2O3. The Hall–Kier alpha value is -2.06. The molecule has 0 spiro atoms. The quantitative estimate of drug-likeness (QED) is 0.867. The number of nitrogens with zero attached hydrogens (tertiary/aromatic N) is 1. The van der Waals surface area contributed by atoms with Gasteiger partial charge in [-0.2, -0.15) is 5.26 Å². The zero-order chi connectivity index (χ0) is 14.4. The zero-order valence-electron chi connectivity index (χ0n) is 10.3. The molecule has 0 aliphatic carbocycles. The third-order valence-corrected chi connectivity index (χ3v) is 2.74. The fraction of sp³-hybridized carbons (Fsp3) is 0.308. The van der Waals surface area contributed by atoms with Gasteiger partial charge in [0, 0.05) is 12.8 Å². The number of carbonyl (C=O) groups excluding carboxylic acids is 1. The monoisotopic (exact) mass is 280 g/mol. The fourth-order valence-corrected chi connectivity index (χ4v) is 1.80. The Labute approximate surface area is 115 Å². The van der Waals surface area contributed by atoms with E-state index < -0.39 is 5.97 Å². The lowest BCUT2D eigenvalue weighted by molar-refractivity contribution is -0.138. The average molecular weight is 281 g/mol. The predicted molar refractivity (Wildman–Crippen MR) is 70.8 cm³/mol. The number of carboxylic acids is 1. The van der Waals surface area contributed by atoms with Crippen molar-refractivity contribution in [2.45, 2.75) is 19.8 Å². The van der Waals surface area contributed by atoms with Crippen molar-refractivity contribution in [2.75, 3.05) is 5.32 Å². The van der Waals surface area contributed by atoms with Gasteiger partial charge in [0.15, 0.2) is 0 Å². The normalized spacial score (nSPS) is 11.4. The second kappa shape index (κ2) is 6.76. The first-order chi connectivity index (χ1) is 8.92. The standard InChI is InChI=1S/C13H13ClN2O3/c1-8(5-13(18)19)4-12(17)16-11-3-2-9(7-15)6-10(11)14/h2-3,6,8H,4-5H2,1H3,(H,16,17)(H,18,19). The smallest absolute Gasteiger partial charge is 0.303 e. The Balaban J connectivity index is 2.62. The van der Waals surface area contributed by atoms with Crippen LogP contribution in [0, 0.1) is 17.2 Å². The van der Waals surface area contributed by atoms with Crippen LogP contribution >= 0.6 is 11.6 Å². The fourth-order valence-electron chi connectivity index (χ4n) is 1.57. The lowest BCUT2D eigenvalue weighted by atomic mass is 10.0. The van der Waals surface area contributed by atoms with Crippen molar-refractivity contribution in [3.63, 3.8) is 0 Å². The summed E-state index contributed by atoms with van der Waals surface area (Å²) >= 11 is 5.91. The average Bonchev–Trinajstić information content (AvgIpc) is 2.30. The van der Waals surface area contributed by atoms with Crippen LogP contribution in [0.15, 0.2) is 18.2 Å². The van der Waals surface area contributed by atoms with E-state index in [2.05, 4.69) is 5.32 Å². The third kappa shape index (κ3) is 4.98. The Bertz CT molecular complexity index is 537. The molecule has 0 saturated heterocycles. The summed E-state index contributed by atoms with van der Waals surface area (Å²) in [5, 5.41) is 20.2. The molecule has 2 N–H and O–H groups in total. The molecule has 0 aromatic heterocycles. The van der Waals surface area contributed by atoms with Gasteiger partial charge in [0.25, 0.3) is 0 Å². The van der Waals surface area contributed by atoms with Crippen molar-refractivity contribution in [3.8, 4) is 6.07 Å². The molecule has 1 aromatic carbocycles. The Morgan fingerprint density at radius 3 is 2.68 bits per heavy atom. The molecular weight excluding hydrogens is 268 g/mol. The maximum Gasteiger partial charge on any atom is 0.303 e. The van der Waals surface area contributed by atoms with Gasteiger partial charge in [-0.25, -0.2) is 0 Å². The number of carboxylic acid groups (broad SMARTS) is 1. The molecule has 1 amide bonds. The van der Waals surface area contributed by atoms with Crippen LogP contribution < -0.4 is 5.32 Å². The number of anilines is 1. The van der Waals surface area contributed by atoms with E-state index >= 15 is 0 Å². The van der Waals surface area contributed by atoms with Crippen LogP contribution in [0.1, 0.15) is 25.3 Å². The Morgan fingerprint density at radius 2 is 2.16 bits per heavy atom. The second-order valence-corrected chi connectivity index (χ2v) is 4.67. The lowest BCUT2D eigenvalue weighted by Crippen LogP contribution is -2.17. The summed E-state index contributed by atoms with van der Waals surface area (Å²) in [4.78, 5) is 22.2. The first-order valence-corrected chi connectivity index (χ1v) is 6.01. The van der Waals surface area contributed by atoms with Gasteiger partial charge in [0.05, 0.1) is 22.3 Å². The molecule has 0 heterocycles. The van der Waals surface area contributed by atoms with E-state index in [4.69, 9.17) is 22.0 Å². The molecule has 1 unspecified atom stereocenters. The van der Waals surface area contributed by atoms with Gasteiger partial charge in [0.1, 0.15) is 0 Å². The van der Waals surface area contributed by atoms with E-state index in [1.807, 2.05) is 6.07 Å². The van der Waals surface area contributed by atoms with Crippen LogP contribution in [-0.2, 0) is 9.59 Å². The number of nitrogens with one attached hydrogen (secondary N) is 1. The molecule has 1 atom stereocenters. The first kappa shape index (κ1) is 15.0. The molecule has 19 heavy (non-hydrogen) atoms. The number of rotatable bonds is 5. The molecule has 5 nitrogen and oxygen atoms in total. The molecule has 1 rings (SSSR count). The van der Waals surface area contributed by atoms with Gasteiger partial charge in [-0.1, -0.05) is 18.5 Å². The van der Waals surface area contributed by atoms with Crippen molar-refractivity contribution in [1.29, 1.82) is 5.26 Å². The number of hydrogen-bond acceptors (Lipinski definition) is 3. The third-order valence-electron chi connectivity index (χ3n) is 2.43. The van der Waals surface area contributed by atoms with Gasteiger partial charge in [-0.15, -0.1) is 0 Å². The molecule has 0 radical (unpaired) electrons. The SMILES string of the molecule is CC(CC(=O)O)CC(=O)Nc1ccc(C#N)cc1Cl. The minimum absolute atomic E-state index is 0.0610. The van der Waals surface area contributed by atoms with Gasteiger partial charge in [0.2, 0.25) is 5.91 Å². The summed E-state index contributed by atoms with van der Waals surface area (Å²) in [7, 11) is 0. The van der Waals surface area contributed by atoms with E-state index in [9.17, 15) is 9.59 Å². The van der Waals surface area contributed by atoms with Gasteiger partial charge >= 0.3 is 5.97 Å². The highest BCUT2D eigenvalue weighted by atomic mass is 35.5. The van der Waals surface area contributed by atoms with Crippen LogP contribution in [0.3, 0.4) is 0 Å². The van der Waals surface area contributed by atoms with Crippen LogP contribution in [-0.4, -0.2) is 17.0 Å². The maximum atomic E-state index is 11.7. The van der Waals surface area contributed by atoms with Crippen LogP contribution in [0.25, 0.3) is 0 Å². The number of amides is 1. The van der Waals surface area contributed by atoms with E-state index in [1.54, 1.807) is 19.1 Å². The van der Waals surface area contributed by atoms with E-state index in [0.29, 0.717) is 11.3 Å². The molecule has 1 aromatic rings. The van der Waals surface area contributed by atoms with Crippen molar-refractivity contribution >= 4 is 29.2 Å². The highest BCUT2D eigenvalue weighted by Gasteiger charge is 2.13. The van der Waals surface area contributed by atoms with Crippen LogP contribution in [0.5, 0.6) is 0 Å². The summed E-state index contributed by atoms with van der Waals surface area (Å²) in [5.74, 6) is -1.49. The van der Waals surface area contributed by atoms with E-state index in [0.717, 1.165) is 0 Å². The molecule has 0 saturated carbocycles. The van der Waals surface area contributed by atoms with Crippen LogP contribution in [0.4, 0.5) is 5.69 Å². The topological polar surface area (TPSA) is 90.2 Å². The predicted octanol–water partition coefficient (Wildman–Crippen LogP) is 2.65. The minimum Gasteiger partial charge on any atom is -0.481 e. The van der Waals surface area contributed by atoms with E-state index in [1.165, 1.54) is 6.07 Å². The molecule has 0 aliphatic heterocycles. The first-order valence-electron chi connectivity index (χ1n) is 5.63. The van der Waals surface area contributed by atoms with E-state index in [-0.39, 0.29) is 29.7 Å². The Morgan fingerprint density at radius 1 is 1.47 bits per heavy atom. The number of aliphatic carboxylic acids is 1. The number of benzene rings is 1. The largest absolute Gasteiger partial charge is 0.481 e. The van der Waals surface area contributed by atoms with Crippen molar-refractivity contribution < 1.29 is 14.7 Å². The van der Waals surface area contributed by atoms with Crippen molar-refractivity contribution in [2.24, 2.45) is 5.92 Å². The molecule has 0 fully saturated rings. The molecule has 6 heteroatoms. The summed E-state index contributed by atoms with van der Waals surface area (Å²) < 4.78 is 0. The van der Waals surface area contributed by atoms with Crippen molar-refractivity contribution in [1.82, 2.24) is 0 Å². The van der Waals surface area contributed by atoms with Gasteiger partial charge < -0.3 is 10.4 Å². The number of halogens is 1. The highest BCUT2D eigenvalue weighted by molar-refractivity contribution is 6.33. The Kier molecular flexibility index (Phi) is 5.34. The summed E-state index contributed by atoms with van der Waals surface area (Å²) in [5.41, 5.74) is 0.815. The highest BCUT2D eigenvalue weighted by Crippen LogP contribution is 2.23. The molecule has 0 aliphatic rings. The number of nitriles is 1. The summed E-state index contributed by atoms with van der Waals surface area (Å²) in [6.45, 7) is 1.69. The number of carbonyl (C=O) groups is 2. The second-order valence-electron chi connectivity index (χ2n) is 4.26. The van der Waals surface area contributed by atoms with Crippen LogP contribution in [0.2, 0.25) is 5.02 Å². The number of hydrogen-bond donors (Lipinski definition) is 2. The summed E-state index contributed by atoms with van der Waals surface area (Å²) in [6, 6.07) is 6.48. The minimum atomic E-state index is -0.934. The molecule has 0 bridgehead atoms. The maximum absolute atomic E-state index is 11.7. The lowest BCUT2D eigenvalue weighted by Gasteiger charge is -2.10. The summed E-state index contributed by atoms with van der Waals surface area (Å²) in [6.07, 6.45) is 0.0388. The van der Waals surface area contributed by atoms with Gasteiger partial charge in [-0.3, -0.25) is 9.59 Å².